The molecular formula is C23H36N6O2S. The first-order valence-electron chi connectivity index (χ1n) is 11.3. The molecule has 0 bridgehead atoms. The number of aryl methyl sites for hydroxylation is 2. The van der Waals surface area contributed by atoms with Gasteiger partial charge in [-0.15, -0.1) is 0 Å². The minimum atomic E-state index is 0.506. The van der Waals surface area contributed by atoms with Gasteiger partial charge in [-0.05, 0) is 51.5 Å². The standard InChI is InChI=1S/C23H36N6O2S/c1-17-14-28(15-18(2)26-17)10-11-31-21-7-6-20(12-22(21)30-4)27-23(32)25-8-5-9-29-16-24-13-19(29)3/h6-7,12-13,16-18,26H,5,8-11,14-15H2,1-4H3,(H2,25,27,32). The minimum Gasteiger partial charge on any atom is -0.493 e. The van der Waals surface area contributed by atoms with Crippen LogP contribution < -0.4 is 25.4 Å². The van der Waals surface area contributed by atoms with Crippen molar-refractivity contribution in [3.63, 3.8) is 0 Å². The van der Waals surface area contributed by atoms with Crippen molar-refractivity contribution in [3.05, 3.63) is 36.4 Å². The Morgan fingerprint density at radius 3 is 2.69 bits per heavy atom. The van der Waals surface area contributed by atoms with E-state index in [4.69, 9.17) is 21.7 Å². The summed E-state index contributed by atoms with van der Waals surface area (Å²) in [4.78, 5) is 6.58. The van der Waals surface area contributed by atoms with E-state index in [0.29, 0.717) is 29.6 Å². The monoisotopic (exact) mass is 460 g/mol. The second-order valence-electron chi connectivity index (χ2n) is 8.41. The smallest absolute Gasteiger partial charge is 0.170 e. The predicted molar refractivity (Wildman–Crippen MR) is 133 cm³/mol. The molecule has 0 saturated carbocycles. The Balaban J connectivity index is 1.41. The van der Waals surface area contributed by atoms with Crippen LogP contribution in [0.15, 0.2) is 30.7 Å². The van der Waals surface area contributed by atoms with Gasteiger partial charge in [0.2, 0.25) is 0 Å². The second-order valence-corrected chi connectivity index (χ2v) is 8.81. The molecule has 2 heterocycles. The summed E-state index contributed by atoms with van der Waals surface area (Å²) in [5.41, 5.74) is 2.03. The Hall–Kier alpha value is -2.36. The molecule has 1 aromatic heterocycles. The summed E-state index contributed by atoms with van der Waals surface area (Å²) in [6.45, 7) is 11.8. The molecule has 1 aliphatic rings. The van der Waals surface area contributed by atoms with Gasteiger partial charge < -0.3 is 30.0 Å². The lowest BCUT2D eigenvalue weighted by Gasteiger charge is -2.36. The molecular weight excluding hydrogens is 424 g/mol. The molecule has 3 rings (SSSR count). The average molecular weight is 461 g/mol. The Labute approximate surface area is 196 Å². The molecule has 1 saturated heterocycles. The van der Waals surface area contributed by atoms with E-state index in [9.17, 15) is 0 Å². The second kappa shape index (κ2) is 12.0. The topological polar surface area (TPSA) is 75.6 Å². The van der Waals surface area contributed by atoms with Crippen LogP contribution in [-0.2, 0) is 6.54 Å². The third-order valence-electron chi connectivity index (χ3n) is 5.50. The van der Waals surface area contributed by atoms with Gasteiger partial charge in [-0.1, -0.05) is 0 Å². The Kier molecular flexibility index (Phi) is 9.13. The SMILES string of the molecule is COc1cc(NC(=S)NCCCn2cncc2C)ccc1OCCN1CC(C)NC(C)C1. The van der Waals surface area contributed by atoms with Crippen molar-refractivity contribution >= 4 is 23.0 Å². The largest absolute Gasteiger partial charge is 0.493 e. The van der Waals surface area contributed by atoms with Gasteiger partial charge in [-0.2, -0.15) is 0 Å². The lowest BCUT2D eigenvalue weighted by molar-refractivity contribution is 0.145. The molecule has 2 aromatic rings. The molecule has 9 heteroatoms. The number of anilines is 1. The van der Waals surface area contributed by atoms with E-state index in [1.165, 1.54) is 0 Å². The first kappa shape index (κ1) is 24.3. The normalized spacial score (nSPS) is 18.9. The molecule has 176 valence electrons. The molecule has 32 heavy (non-hydrogen) atoms. The van der Waals surface area contributed by atoms with E-state index >= 15 is 0 Å². The summed E-state index contributed by atoms with van der Waals surface area (Å²) < 4.78 is 13.7. The van der Waals surface area contributed by atoms with Crippen LogP contribution >= 0.6 is 12.2 Å². The fraction of sp³-hybridized carbons (Fsp3) is 0.565. The molecule has 1 aliphatic heterocycles. The molecule has 0 spiro atoms. The molecule has 2 unspecified atom stereocenters. The summed E-state index contributed by atoms with van der Waals surface area (Å²) in [6, 6.07) is 6.80. The molecule has 1 aromatic carbocycles. The fourth-order valence-electron chi connectivity index (χ4n) is 4.02. The predicted octanol–water partition coefficient (Wildman–Crippen LogP) is 2.64. The Morgan fingerprint density at radius 2 is 2.00 bits per heavy atom. The van der Waals surface area contributed by atoms with Gasteiger partial charge in [0, 0.05) is 68.5 Å². The number of methoxy groups -OCH3 is 1. The quantitative estimate of drug-likeness (QED) is 0.369. The molecule has 8 nitrogen and oxygen atoms in total. The van der Waals surface area contributed by atoms with Crippen LogP contribution in [0.2, 0.25) is 0 Å². The number of benzene rings is 1. The number of hydrogen-bond acceptors (Lipinski definition) is 6. The average Bonchev–Trinajstić information content (AvgIpc) is 3.16. The highest BCUT2D eigenvalue weighted by atomic mass is 32.1. The van der Waals surface area contributed by atoms with Crippen LogP contribution in [0, 0.1) is 6.92 Å². The summed E-state index contributed by atoms with van der Waals surface area (Å²) in [5.74, 6) is 1.43. The van der Waals surface area contributed by atoms with Crippen molar-refractivity contribution in [3.8, 4) is 11.5 Å². The van der Waals surface area contributed by atoms with Gasteiger partial charge in [0.25, 0.3) is 0 Å². The number of ether oxygens (including phenoxy) is 2. The number of imidazole rings is 1. The molecule has 1 fully saturated rings. The van der Waals surface area contributed by atoms with E-state index in [0.717, 1.165) is 56.3 Å². The number of nitrogens with zero attached hydrogens (tertiary/aromatic N) is 3. The number of nitrogens with one attached hydrogen (secondary N) is 3. The molecule has 0 aliphatic carbocycles. The Bertz CT molecular complexity index is 864. The molecule has 0 amide bonds. The number of hydrogen-bond donors (Lipinski definition) is 3. The minimum absolute atomic E-state index is 0.506. The van der Waals surface area contributed by atoms with Crippen LogP contribution in [0.3, 0.4) is 0 Å². The van der Waals surface area contributed by atoms with Gasteiger partial charge >= 0.3 is 0 Å². The van der Waals surface area contributed by atoms with Crippen molar-refractivity contribution in [1.82, 2.24) is 25.1 Å². The lowest BCUT2D eigenvalue weighted by Crippen LogP contribution is -2.54. The summed E-state index contributed by atoms with van der Waals surface area (Å²) in [5, 5.41) is 10.6. The van der Waals surface area contributed by atoms with Gasteiger partial charge in [-0.25, -0.2) is 4.98 Å². The molecule has 0 radical (unpaired) electrons. The van der Waals surface area contributed by atoms with Crippen molar-refractivity contribution in [2.45, 2.75) is 45.8 Å². The number of thiocarbonyl (C=S) groups is 1. The van der Waals surface area contributed by atoms with Crippen molar-refractivity contribution < 1.29 is 9.47 Å². The third kappa shape index (κ3) is 7.36. The first-order chi connectivity index (χ1) is 15.4. The summed E-state index contributed by atoms with van der Waals surface area (Å²) in [7, 11) is 1.65. The first-order valence-corrected chi connectivity index (χ1v) is 11.7. The van der Waals surface area contributed by atoms with E-state index in [-0.39, 0.29) is 0 Å². The highest BCUT2D eigenvalue weighted by Crippen LogP contribution is 2.30. The fourth-order valence-corrected chi connectivity index (χ4v) is 4.24. The molecule has 3 N–H and O–H groups in total. The van der Waals surface area contributed by atoms with E-state index < -0.39 is 0 Å². The van der Waals surface area contributed by atoms with Crippen LogP contribution in [0.5, 0.6) is 11.5 Å². The van der Waals surface area contributed by atoms with Crippen molar-refractivity contribution in [1.29, 1.82) is 0 Å². The van der Waals surface area contributed by atoms with Crippen LogP contribution in [0.4, 0.5) is 5.69 Å². The van der Waals surface area contributed by atoms with Crippen LogP contribution in [0.1, 0.15) is 26.0 Å². The van der Waals surface area contributed by atoms with Gasteiger partial charge in [0.15, 0.2) is 16.6 Å². The Morgan fingerprint density at radius 1 is 1.22 bits per heavy atom. The van der Waals surface area contributed by atoms with Crippen molar-refractivity contribution in [2.75, 3.05) is 45.2 Å². The van der Waals surface area contributed by atoms with Gasteiger partial charge in [-0.3, -0.25) is 4.90 Å². The number of rotatable bonds is 10. The third-order valence-corrected chi connectivity index (χ3v) is 5.75. The van der Waals surface area contributed by atoms with E-state index in [1.54, 1.807) is 7.11 Å². The molecule has 2 atom stereocenters. The highest BCUT2D eigenvalue weighted by molar-refractivity contribution is 7.80. The maximum Gasteiger partial charge on any atom is 0.170 e. The van der Waals surface area contributed by atoms with Crippen LogP contribution in [-0.4, -0.2) is 71.5 Å². The van der Waals surface area contributed by atoms with Gasteiger partial charge in [0.05, 0.1) is 13.4 Å². The summed E-state index contributed by atoms with van der Waals surface area (Å²) >= 11 is 5.42. The zero-order chi connectivity index (χ0) is 22.9. The van der Waals surface area contributed by atoms with E-state index in [2.05, 4.69) is 51.2 Å². The zero-order valence-corrected chi connectivity index (χ0v) is 20.4. The number of piperazine rings is 1. The maximum absolute atomic E-state index is 6.01. The maximum atomic E-state index is 6.01. The van der Waals surface area contributed by atoms with Crippen LogP contribution in [0.25, 0.3) is 0 Å². The summed E-state index contributed by atoms with van der Waals surface area (Å²) in [6.07, 6.45) is 4.68. The highest BCUT2D eigenvalue weighted by Gasteiger charge is 2.20. The van der Waals surface area contributed by atoms with Crippen molar-refractivity contribution in [2.24, 2.45) is 0 Å². The number of aromatic nitrogens is 2. The lowest BCUT2D eigenvalue weighted by atomic mass is 10.1. The zero-order valence-electron chi connectivity index (χ0n) is 19.6. The van der Waals surface area contributed by atoms with Gasteiger partial charge in [0.1, 0.15) is 6.61 Å². The van der Waals surface area contributed by atoms with E-state index in [1.807, 2.05) is 30.7 Å².